The van der Waals surface area contributed by atoms with Gasteiger partial charge in [0.05, 0.1) is 6.61 Å². The van der Waals surface area contributed by atoms with Gasteiger partial charge in [0.1, 0.15) is 0 Å². The van der Waals surface area contributed by atoms with Crippen molar-refractivity contribution in [1.29, 1.82) is 0 Å². The van der Waals surface area contributed by atoms with Gasteiger partial charge in [-0.3, -0.25) is 0 Å². The summed E-state index contributed by atoms with van der Waals surface area (Å²) in [6.07, 6.45) is 3.60. The maximum absolute atomic E-state index is 5.85. The number of hydrogen-bond donors (Lipinski definition) is 1. The normalized spacial score (nSPS) is 32.5. The molecule has 0 aromatic rings. The molecule has 0 aliphatic carbocycles. The number of nitrogens with zero attached hydrogens (tertiary/aromatic N) is 1. The number of piperidine rings is 1. The number of hydrogen-bond acceptors (Lipinski definition) is 3. The Bertz CT molecular complexity index is 149. The first-order valence-electron chi connectivity index (χ1n) is 5.40. The molecule has 1 atom stereocenters. The van der Waals surface area contributed by atoms with Crippen LogP contribution in [0.1, 0.15) is 19.3 Å². The lowest BCUT2D eigenvalue weighted by Gasteiger charge is -2.31. The number of ether oxygens (including phenoxy) is 1. The molecular weight excluding hydrogens is 164 g/mol. The third-order valence-electron chi connectivity index (χ3n) is 3.17. The van der Waals surface area contributed by atoms with Gasteiger partial charge in [-0.15, -0.1) is 0 Å². The molecule has 0 aromatic heterocycles. The Morgan fingerprint density at radius 1 is 1.23 bits per heavy atom. The predicted molar refractivity (Wildman–Crippen MR) is 52.6 cm³/mol. The van der Waals surface area contributed by atoms with Crippen molar-refractivity contribution in [3.8, 4) is 0 Å². The van der Waals surface area contributed by atoms with Gasteiger partial charge in [-0.1, -0.05) is 0 Å². The summed E-state index contributed by atoms with van der Waals surface area (Å²) in [4.78, 5) is 2.54. The van der Waals surface area contributed by atoms with Gasteiger partial charge in [-0.25, -0.2) is 0 Å². The van der Waals surface area contributed by atoms with Crippen LogP contribution in [0, 0.1) is 5.92 Å². The minimum atomic E-state index is 0.455. The quantitative estimate of drug-likeness (QED) is 0.677. The monoisotopic (exact) mass is 184 g/mol. The lowest BCUT2D eigenvalue weighted by Crippen LogP contribution is -2.41. The lowest BCUT2D eigenvalue weighted by molar-refractivity contribution is 0.152. The molecule has 2 N–H and O–H groups in total. The van der Waals surface area contributed by atoms with Crippen molar-refractivity contribution >= 4 is 0 Å². The highest BCUT2D eigenvalue weighted by Gasteiger charge is 2.22. The van der Waals surface area contributed by atoms with E-state index in [1.54, 1.807) is 0 Å². The van der Waals surface area contributed by atoms with Gasteiger partial charge in [0, 0.05) is 19.2 Å². The van der Waals surface area contributed by atoms with E-state index in [-0.39, 0.29) is 0 Å². The van der Waals surface area contributed by atoms with Crippen LogP contribution in [0.3, 0.4) is 0 Å². The average molecular weight is 184 g/mol. The van der Waals surface area contributed by atoms with Gasteiger partial charge in [-0.2, -0.15) is 0 Å². The van der Waals surface area contributed by atoms with Crippen LogP contribution in [0.4, 0.5) is 0 Å². The van der Waals surface area contributed by atoms with Crippen molar-refractivity contribution in [3.63, 3.8) is 0 Å². The van der Waals surface area contributed by atoms with E-state index in [2.05, 4.69) is 4.90 Å². The van der Waals surface area contributed by atoms with Gasteiger partial charge < -0.3 is 15.4 Å². The van der Waals surface area contributed by atoms with Crippen molar-refractivity contribution in [3.05, 3.63) is 0 Å². The average Bonchev–Trinajstić information content (AvgIpc) is 2.62. The smallest absolute Gasteiger partial charge is 0.0507 e. The fraction of sp³-hybridized carbons (Fsp3) is 1.00. The Kier molecular flexibility index (Phi) is 3.19. The molecule has 76 valence electrons. The standard InChI is InChI=1S/C10H20N2O/c11-10-1-4-12(5-2-10)7-9-3-6-13-8-9/h9-10H,1-8,11H2/t9-/m1/s1. The van der Waals surface area contributed by atoms with Crippen molar-refractivity contribution in [1.82, 2.24) is 4.90 Å². The van der Waals surface area contributed by atoms with Crippen LogP contribution in [0.25, 0.3) is 0 Å². The molecule has 0 saturated carbocycles. The summed E-state index contributed by atoms with van der Waals surface area (Å²) in [5.41, 5.74) is 5.85. The zero-order chi connectivity index (χ0) is 9.10. The Morgan fingerprint density at radius 3 is 2.62 bits per heavy atom. The Morgan fingerprint density at radius 2 is 2.00 bits per heavy atom. The minimum absolute atomic E-state index is 0.455. The van der Waals surface area contributed by atoms with Crippen LogP contribution in [0.5, 0.6) is 0 Å². The lowest BCUT2D eigenvalue weighted by atomic mass is 10.0. The van der Waals surface area contributed by atoms with Crippen LogP contribution >= 0.6 is 0 Å². The summed E-state index contributed by atoms with van der Waals surface area (Å²) < 4.78 is 5.37. The third kappa shape index (κ3) is 2.66. The highest BCUT2D eigenvalue weighted by atomic mass is 16.5. The zero-order valence-electron chi connectivity index (χ0n) is 8.24. The number of rotatable bonds is 2. The molecule has 2 rings (SSSR count). The molecular formula is C10H20N2O. The topological polar surface area (TPSA) is 38.5 Å². The second-order valence-electron chi connectivity index (χ2n) is 4.37. The first kappa shape index (κ1) is 9.44. The highest BCUT2D eigenvalue weighted by molar-refractivity contribution is 4.77. The number of nitrogens with two attached hydrogens (primary N) is 1. The molecule has 2 fully saturated rings. The fourth-order valence-electron chi connectivity index (χ4n) is 2.23. The molecule has 0 amide bonds. The van der Waals surface area contributed by atoms with Crippen molar-refractivity contribution in [2.24, 2.45) is 11.7 Å². The van der Waals surface area contributed by atoms with E-state index >= 15 is 0 Å². The molecule has 3 nitrogen and oxygen atoms in total. The minimum Gasteiger partial charge on any atom is -0.381 e. The molecule has 2 heterocycles. The Labute approximate surface area is 80.2 Å². The van der Waals surface area contributed by atoms with Crippen LogP contribution in [-0.4, -0.2) is 43.8 Å². The summed E-state index contributed by atoms with van der Waals surface area (Å²) in [5, 5.41) is 0. The first-order valence-corrected chi connectivity index (χ1v) is 5.40. The molecule has 3 heteroatoms. The van der Waals surface area contributed by atoms with E-state index in [4.69, 9.17) is 10.5 Å². The van der Waals surface area contributed by atoms with E-state index in [0.29, 0.717) is 6.04 Å². The molecule has 2 aliphatic rings. The number of likely N-dealkylation sites (tertiary alicyclic amines) is 1. The molecule has 0 aromatic carbocycles. The molecule has 2 saturated heterocycles. The van der Waals surface area contributed by atoms with E-state index in [1.807, 2.05) is 0 Å². The van der Waals surface area contributed by atoms with E-state index in [9.17, 15) is 0 Å². The van der Waals surface area contributed by atoms with Gasteiger partial charge in [0.25, 0.3) is 0 Å². The second-order valence-corrected chi connectivity index (χ2v) is 4.37. The van der Waals surface area contributed by atoms with Crippen molar-refractivity contribution < 1.29 is 4.74 Å². The second kappa shape index (κ2) is 4.40. The summed E-state index contributed by atoms with van der Waals surface area (Å²) >= 11 is 0. The summed E-state index contributed by atoms with van der Waals surface area (Å²) in [6.45, 7) is 5.56. The maximum Gasteiger partial charge on any atom is 0.0507 e. The third-order valence-corrected chi connectivity index (χ3v) is 3.17. The fourth-order valence-corrected chi connectivity index (χ4v) is 2.23. The SMILES string of the molecule is NC1CCN(C[C@H]2CCOC2)CC1. The molecule has 0 spiro atoms. The summed E-state index contributed by atoms with van der Waals surface area (Å²) in [6, 6.07) is 0.455. The Balaban J connectivity index is 1.69. The summed E-state index contributed by atoms with van der Waals surface area (Å²) in [5.74, 6) is 0.786. The van der Waals surface area contributed by atoms with E-state index in [1.165, 1.54) is 38.9 Å². The van der Waals surface area contributed by atoms with Crippen molar-refractivity contribution in [2.45, 2.75) is 25.3 Å². The largest absolute Gasteiger partial charge is 0.381 e. The van der Waals surface area contributed by atoms with Gasteiger partial charge in [-0.05, 0) is 38.3 Å². The molecule has 0 radical (unpaired) electrons. The molecule has 0 bridgehead atoms. The maximum atomic E-state index is 5.85. The highest BCUT2D eigenvalue weighted by Crippen LogP contribution is 2.16. The van der Waals surface area contributed by atoms with E-state index in [0.717, 1.165) is 19.1 Å². The molecule has 2 aliphatic heterocycles. The molecule has 0 unspecified atom stereocenters. The first-order chi connectivity index (χ1) is 6.34. The van der Waals surface area contributed by atoms with Crippen LogP contribution in [0.2, 0.25) is 0 Å². The van der Waals surface area contributed by atoms with Crippen LogP contribution < -0.4 is 5.73 Å². The van der Waals surface area contributed by atoms with E-state index < -0.39 is 0 Å². The van der Waals surface area contributed by atoms with Crippen molar-refractivity contribution in [2.75, 3.05) is 32.8 Å². The van der Waals surface area contributed by atoms with Crippen LogP contribution in [-0.2, 0) is 4.74 Å². The molecule has 13 heavy (non-hydrogen) atoms. The van der Waals surface area contributed by atoms with Crippen LogP contribution in [0.15, 0.2) is 0 Å². The predicted octanol–water partition coefficient (Wildman–Crippen LogP) is 0.446. The Hall–Kier alpha value is -0.120. The van der Waals surface area contributed by atoms with Gasteiger partial charge in [0.15, 0.2) is 0 Å². The van der Waals surface area contributed by atoms with Gasteiger partial charge >= 0.3 is 0 Å². The van der Waals surface area contributed by atoms with Gasteiger partial charge in [0.2, 0.25) is 0 Å². The summed E-state index contributed by atoms with van der Waals surface area (Å²) in [7, 11) is 0. The zero-order valence-corrected chi connectivity index (χ0v) is 8.24.